The number of carboxylic acid groups (broad SMARTS) is 3. The first-order chi connectivity index (χ1) is 13.7. The second kappa shape index (κ2) is 8.98. The largest absolute Gasteiger partial charge is 0.481 e. The average molecular weight is 399 g/mol. The number of allylic oxidation sites excluding steroid dienone is 2. The topological polar surface area (TPSA) is 156 Å². The van der Waals surface area contributed by atoms with E-state index in [1.54, 1.807) is 6.07 Å². The molecule has 0 amide bonds. The zero-order chi connectivity index (χ0) is 21.6. The van der Waals surface area contributed by atoms with Crippen LogP contribution in [0, 0.1) is 5.41 Å². The minimum absolute atomic E-state index is 0.0359. The Morgan fingerprint density at radius 2 is 1.83 bits per heavy atom. The van der Waals surface area contributed by atoms with Crippen LogP contribution in [-0.4, -0.2) is 43.0 Å². The number of aliphatic carboxylic acids is 2. The maximum absolute atomic E-state index is 11.0. The molecule has 5 N–H and O–H groups in total. The zero-order valence-electron chi connectivity index (χ0n) is 15.6. The third-order valence-corrected chi connectivity index (χ3v) is 4.38. The molecule has 0 saturated heterocycles. The lowest BCUT2D eigenvalue weighted by Gasteiger charge is -2.23. The first-order valence-electron chi connectivity index (χ1n) is 8.60. The first kappa shape index (κ1) is 21.6. The zero-order valence-corrected chi connectivity index (χ0v) is 15.6. The number of carboxylic acids is 3. The Balaban J connectivity index is 0.000000212. The summed E-state index contributed by atoms with van der Waals surface area (Å²) in [5.41, 5.74) is 6.33. The Bertz CT molecular complexity index is 992. The second-order valence-electron chi connectivity index (χ2n) is 6.52. The van der Waals surface area contributed by atoms with Gasteiger partial charge in [0.15, 0.2) is 5.69 Å². The molecule has 0 bridgehead atoms. The normalized spacial score (nSPS) is 17.7. The van der Waals surface area contributed by atoms with Crippen LogP contribution < -0.4 is 5.73 Å². The number of carbonyl (C=O) groups is 3. The van der Waals surface area contributed by atoms with Crippen LogP contribution in [0.1, 0.15) is 29.4 Å². The van der Waals surface area contributed by atoms with Gasteiger partial charge in [-0.2, -0.15) is 5.10 Å². The molecule has 1 aliphatic rings. The van der Waals surface area contributed by atoms with Crippen LogP contribution >= 0.6 is 0 Å². The molecule has 9 heteroatoms. The molecule has 152 valence electrons. The Hall–Kier alpha value is -3.72. The summed E-state index contributed by atoms with van der Waals surface area (Å²) in [7, 11) is 0. The number of rotatable bonds is 5. The maximum atomic E-state index is 11.0. The van der Waals surface area contributed by atoms with E-state index in [-0.39, 0.29) is 17.7 Å². The molecule has 1 heterocycles. The maximum Gasteiger partial charge on any atom is 0.354 e. The first-order valence-corrected chi connectivity index (χ1v) is 8.60. The van der Waals surface area contributed by atoms with E-state index in [2.05, 4.69) is 5.10 Å². The van der Waals surface area contributed by atoms with Crippen molar-refractivity contribution in [3.8, 4) is 5.69 Å². The van der Waals surface area contributed by atoms with Crippen LogP contribution in [0.15, 0.2) is 60.3 Å². The van der Waals surface area contributed by atoms with E-state index in [1.807, 2.05) is 18.2 Å². The standard InChI is InChI=1S/C11H11N3O2.C9H10O4/c12-7-8-3-1-2-4-9(8)14-10(11(15)16)5-6-13-14;1-9(8(12)13)4-2-3-6(5-9)7(10)11/h1-6H,7,12H2,(H,15,16);2-4H,5H2,1H3,(H,10,11)(H,12,13). The van der Waals surface area contributed by atoms with Gasteiger partial charge in [-0.05, 0) is 31.0 Å². The molecule has 9 nitrogen and oxygen atoms in total. The van der Waals surface area contributed by atoms with Gasteiger partial charge in [-0.25, -0.2) is 14.3 Å². The summed E-state index contributed by atoms with van der Waals surface area (Å²) < 4.78 is 1.38. The molecule has 1 atom stereocenters. The third-order valence-electron chi connectivity index (χ3n) is 4.38. The average Bonchev–Trinajstić information content (AvgIpc) is 3.18. The van der Waals surface area contributed by atoms with Gasteiger partial charge in [0.2, 0.25) is 0 Å². The molecule has 1 aliphatic carbocycles. The molecule has 1 unspecified atom stereocenters. The lowest BCUT2D eigenvalue weighted by atomic mass is 9.80. The number of hydrogen-bond acceptors (Lipinski definition) is 5. The summed E-state index contributed by atoms with van der Waals surface area (Å²) in [6, 6.07) is 8.78. The van der Waals surface area contributed by atoms with E-state index in [9.17, 15) is 14.4 Å². The summed E-state index contributed by atoms with van der Waals surface area (Å²) in [5, 5.41) is 30.5. The fourth-order valence-corrected chi connectivity index (χ4v) is 2.73. The van der Waals surface area contributed by atoms with E-state index in [0.717, 1.165) is 5.56 Å². The molecule has 0 radical (unpaired) electrons. The third kappa shape index (κ3) is 4.96. The highest BCUT2D eigenvalue weighted by molar-refractivity contribution is 5.90. The number of benzene rings is 1. The van der Waals surface area contributed by atoms with Crippen LogP contribution in [-0.2, 0) is 16.1 Å². The molecule has 1 aromatic carbocycles. The number of hydrogen-bond donors (Lipinski definition) is 4. The molecule has 0 saturated carbocycles. The highest BCUT2D eigenvalue weighted by Crippen LogP contribution is 2.31. The Morgan fingerprint density at radius 3 is 2.41 bits per heavy atom. The molecule has 0 spiro atoms. The summed E-state index contributed by atoms with van der Waals surface area (Å²) in [6.45, 7) is 1.84. The molecular weight excluding hydrogens is 378 g/mol. The van der Waals surface area contributed by atoms with Crippen molar-refractivity contribution in [3.05, 3.63) is 71.6 Å². The van der Waals surface area contributed by atoms with E-state index < -0.39 is 23.3 Å². The van der Waals surface area contributed by atoms with Crippen LogP contribution in [0.5, 0.6) is 0 Å². The SMILES string of the molecule is CC1(C(=O)O)C=CC=C(C(=O)O)C1.NCc1ccccc1-n1nccc1C(=O)O. The van der Waals surface area contributed by atoms with Crippen molar-refractivity contribution in [2.24, 2.45) is 11.1 Å². The van der Waals surface area contributed by atoms with Crippen LogP contribution in [0.4, 0.5) is 0 Å². The van der Waals surface area contributed by atoms with E-state index >= 15 is 0 Å². The fourth-order valence-electron chi connectivity index (χ4n) is 2.73. The Kier molecular flexibility index (Phi) is 6.68. The summed E-state index contributed by atoms with van der Waals surface area (Å²) in [6.07, 6.45) is 5.89. The predicted molar refractivity (Wildman–Crippen MR) is 104 cm³/mol. The molecule has 2 aromatic rings. The highest BCUT2D eigenvalue weighted by atomic mass is 16.4. The number of para-hydroxylation sites is 1. The van der Waals surface area contributed by atoms with Crippen LogP contribution in [0.3, 0.4) is 0 Å². The van der Waals surface area contributed by atoms with Gasteiger partial charge in [-0.1, -0.05) is 36.4 Å². The number of nitrogens with two attached hydrogens (primary N) is 1. The van der Waals surface area contributed by atoms with Crippen molar-refractivity contribution in [3.63, 3.8) is 0 Å². The molecule has 3 rings (SSSR count). The van der Waals surface area contributed by atoms with Gasteiger partial charge in [0.05, 0.1) is 17.3 Å². The molecule has 1 aromatic heterocycles. The number of aromatic carboxylic acids is 1. The van der Waals surface area contributed by atoms with Gasteiger partial charge in [0, 0.05) is 12.1 Å². The summed E-state index contributed by atoms with van der Waals surface area (Å²) in [5.74, 6) is -3.07. The quantitative estimate of drug-likeness (QED) is 0.595. The van der Waals surface area contributed by atoms with Crippen molar-refractivity contribution >= 4 is 17.9 Å². The highest BCUT2D eigenvalue weighted by Gasteiger charge is 2.34. The van der Waals surface area contributed by atoms with Gasteiger partial charge >= 0.3 is 17.9 Å². The van der Waals surface area contributed by atoms with Gasteiger partial charge in [-0.15, -0.1) is 0 Å². The Labute approximate surface area is 166 Å². The fraction of sp³-hybridized carbons (Fsp3) is 0.200. The molecule has 0 fully saturated rings. The lowest BCUT2D eigenvalue weighted by Crippen LogP contribution is -2.28. The van der Waals surface area contributed by atoms with Gasteiger partial charge in [0.1, 0.15) is 0 Å². The molecule has 0 aliphatic heterocycles. The minimum atomic E-state index is -1.08. The second-order valence-corrected chi connectivity index (χ2v) is 6.52. The van der Waals surface area contributed by atoms with Crippen molar-refractivity contribution < 1.29 is 29.7 Å². The Morgan fingerprint density at radius 1 is 1.14 bits per heavy atom. The smallest absolute Gasteiger partial charge is 0.354 e. The summed E-state index contributed by atoms with van der Waals surface area (Å²) in [4.78, 5) is 32.3. The predicted octanol–water partition coefficient (Wildman–Crippen LogP) is 2.08. The van der Waals surface area contributed by atoms with Crippen molar-refractivity contribution in [1.82, 2.24) is 9.78 Å². The summed E-state index contributed by atoms with van der Waals surface area (Å²) >= 11 is 0. The van der Waals surface area contributed by atoms with Gasteiger partial charge < -0.3 is 21.1 Å². The van der Waals surface area contributed by atoms with Gasteiger partial charge in [-0.3, -0.25) is 4.79 Å². The van der Waals surface area contributed by atoms with Crippen molar-refractivity contribution in [1.29, 1.82) is 0 Å². The minimum Gasteiger partial charge on any atom is -0.481 e. The van der Waals surface area contributed by atoms with E-state index in [1.165, 1.54) is 42.1 Å². The van der Waals surface area contributed by atoms with E-state index in [0.29, 0.717) is 12.2 Å². The van der Waals surface area contributed by atoms with Crippen LogP contribution in [0.2, 0.25) is 0 Å². The number of aromatic nitrogens is 2. The molecular formula is C20H21N3O6. The van der Waals surface area contributed by atoms with Gasteiger partial charge in [0.25, 0.3) is 0 Å². The number of nitrogens with zero attached hydrogens (tertiary/aromatic N) is 2. The monoisotopic (exact) mass is 399 g/mol. The van der Waals surface area contributed by atoms with Crippen molar-refractivity contribution in [2.75, 3.05) is 0 Å². The van der Waals surface area contributed by atoms with E-state index in [4.69, 9.17) is 21.1 Å². The molecule has 29 heavy (non-hydrogen) atoms. The van der Waals surface area contributed by atoms with Crippen LogP contribution in [0.25, 0.3) is 5.69 Å². The van der Waals surface area contributed by atoms with Crippen molar-refractivity contribution in [2.45, 2.75) is 19.9 Å². The lowest BCUT2D eigenvalue weighted by molar-refractivity contribution is -0.145.